The van der Waals surface area contributed by atoms with Gasteiger partial charge in [-0.1, -0.05) is 48.4 Å². The van der Waals surface area contributed by atoms with E-state index in [1.807, 2.05) is 18.2 Å². The normalized spacial score (nSPS) is 16.0. The molecule has 1 N–H and O–H groups in total. The average molecular weight is 464 g/mol. The van der Waals surface area contributed by atoms with Crippen molar-refractivity contribution in [1.82, 2.24) is 10.2 Å². The molecule has 0 aromatic heterocycles. The first-order chi connectivity index (χ1) is 14.8. The summed E-state index contributed by atoms with van der Waals surface area (Å²) >= 11 is 6.04. The van der Waals surface area contributed by atoms with Gasteiger partial charge in [0.2, 0.25) is 15.9 Å². The zero-order valence-corrected chi connectivity index (χ0v) is 19.6. The van der Waals surface area contributed by atoms with Crippen LogP contribution in [0, 0.1) is 0 Å². The maximum absolute atomic E-state index is 12.9. The molecule has 6 nitrogen and oxygen atoms in total. The van der Waals surface area contributed by atoms with Crippen LogP contribution in [-0.4, -0.2) is 44.6 Å². The summed E-state index contributed by atoms with van der Waals surface area (Å²) in [6.07, 6.45) is 4.82. The number of sulfonamides is 1. The van der Waals surface area contributed by atoms with E-state index in [-0.39, 0.29) is 5.91 Å². The lowest BCUT2D eigenvalue weighted by molar-refractivity contribution is -0.122. The molecule has 1 aliphatic heterocycles. The van der Waals surface area contributed by atoms with Crippen LogP contribution in [0.5, 0.6) is 0 Å². The van der Waals surface area contributed by atoms with Gasteiger partial charge in [0.15, 0.2) is 0 Å². The number of carbonyl (C=O) groups is 1. The van der Waals surface area contributed by atoms with Gasteiger partial charge in [0, 0.05) is 18.1 Å². The quantitative estimate of drug-likeness (QED) is 0.646. The van der Waals surface area contributed by atoms with Crippen LogP contribution >= 0.6 is 11.6 Å². The van der Waals surface area contributed by atoms with Gasteiger partial charge in [0.05, 0.1) is 11.9 Å². The highest BCUT2D eigenvalue weighted by molar-refractivity contribution is 7.92. The van der Waals surface area contributed by atoms with Crippen LogP contribution in [0.2, 0.25) is 5.02 Å². The number of carbonyl (C=O) groups excluding carboxylic acids is 1. The monoisotopic (exact) mass is 463 g/mol. The van der Waals surface area contributed by atoms with Crippen LogP contribution < -0.4 is 9.62 Å². The third kappa shape index (κ3) is 6.45. The maximum atomic E-state index is 12.9. The Balaban J connectivity index is 1.71. The van der Waals surface area contributed by atoms with E-state index in [4.69, 9.17) is 11.6 Å². The Labute approximate surface area is 190 Å². The minimum Gasteiger partial charge on any atom is -0.350 e. The minimum absolute atomic E-state index is 0.348. The second-order valence-electron chi connectivity index (χ2n) is 8.04. The molecule has 0 aliphatic carbocycles. The molecule has 1 fully saturated rings. The second-order valence-corrected chi connectivity index (χ2v) is 10.3. The lowest BCUT2D eigenvalue weighted by atomic mass is 10.0. The first kappa shape index (κ1) is 23.6. The molecule has 1 aliphatic rings. The number of rotatable bonds is 8. The van der Waals surface area contributed by atoms with Crippen molar-refractivity contribution in [3.05, 3.63) is 64.7 Å². The van der Waals surface area contributed by atoms with Gasteiger partial charge >= 0.3 is 0 Å². The standard InChI is InChI=1S/C23H30ClN3O3S/c1-18(27(31(2,29)30)22-12-8-11-21(24)15-22)23(28)25-16-19-9-4-5-10-20(19)17-26-13-6-3-7-14-26/h4-5,8-12,15,18H,3,6-7,13-14,16-17H2,1-2H3,(H,25,28)/t18-/m1/s1. The molecule has 2 aromatic rings. The van der Waals surface area contributed by atoms with Gasteiger partial charge in [0.25, 0.3) is 0 Å². The number of likely N-dealkylation sites (tertiary alicyclic amines) is 1. The van der Waals surface area contributed by atoms with E-state index in [0.717, 1.165) is 35.8 Å². The largest absolute Gasteiger partial charge is 0.350 e. The van der Waals surface area contributed by atoms with E-state index in [9.17, 15) is 13.2 Å². The topological polar surface area (TPSA) is 69.7 Å². The summed E-state index contributed by atoms with van der Waals surface area (Å²) in [5.74, 6) is -0.363. The van der Waals surface area contributed by atoms with Crippen LogP contribution in [0.1, 0.15) is 37.3 Å². The Morgan fingerprint density at radius 1 is 1.10 bits per heavy atom. The number of amides is 1. The highest BCUT2D eigenvalue weighted by atomic mass is 35.5. The molecular formula is C23H30ClN3O3S. The van der Waals surface area contributed by atoms with Crippen molar-refractivity contribution >= 4 is 33.2 Å². The number of hydrogen-bond acceptors (Lipinski definition) is 4. The molecule has 1 saturated heterocycles. The van der Waals surface area contributed by atoms with E-state index < -0.39 is 16.1 Å². The van der Waals surface area contributed by atoms with E-state index in [2.05, 4.69) is 16.3 Å². The van der Waals surface area contributed by atoms with Crippen LogP contribution in [0.15, 0.2) is 48.5 Å². The molecule has 2 aromatic carbocycles. The summed E-state index contributed by atoms with van der Waals surface area (Å²) in [7, 11) is -3.68. The smallest absolute Gasteiger partial charge is 0.243 e. The molecule has 0 radical (unpaired) electrons. The first-order valence-corrected chi connectivity index (χ1v) is 12.8. The minimum atomic E-state index is -3.68. The van der Waals surface area contributed by atoms with Gasteiger partial charge in [-0.05, 0) is 62.2 Å². The van der Waals surface area contributed by atoms with Crippen molar-refractivity contribution in [3.8, 4) is 0 Å². The number of nitrogens with one attached hydrogen (secondary N) is 1. The number of piperidine rings is 1. The van der Waals surface area contributed by atoms with E-state index in [1.165, 1.54) is 24.8 Å². The van der Waals surface area contributed by atoms with Gasteiger partial charge in [-0.15, -0.1) is 0 Å². The molecule has 0 unspecified atom stereocenters. The van der Waals surface area contributed by atoms with E-state index in [0.29, 0.717) is 17.3 Å². The van der Waals surface area contributed by atoms with Gasteiger partial charge in [-0.3, -0.25) is 14.0 Å². The Kier molecular flexibility index (Phi) is 7.97. The van der Waals surface area contributed by atoms with Crippen molar-refractivity contribution in [2.24, 2.45) is 0 Å². The summed E-state index contributed by atoms with van der Waals surface area (Å²) in [4.78, 5) is 15.3. The van der Waals surface area contributed by atoms with Gasteiger partial charge < -0.3 is 5.32 Å². The van der Waals surface area contributed by atoms with Crippen molar-refractivity contribution < 1.29 is 13.2 Å². The Morgan fingerprint density at radius 3 is 2.42 bits per heavy atom. The number of benzene rings is 2. The Morgan fingerprint density at radius 2 is 1.77 bits per heavy atom. The van der Waals surface area contributed by atoms with Crippen LogP contribution in [0.25, 0.3) is 0 Å². The van der Waals surface area contributed by atoms with Crippen molar-refractivity contribution in [2.75, 3.05) is 23.7 Å². The summed E-state index contributed by atoms with van der Waals surface area (Å²) in [5.41, 5.74) is 2.59. The Bertz CT molecular complexity index is 1010. The SMILES string of the molecule is C[C@H](C(=O)NCc1ccccc1CN1CCCCC1)N(c1cccc(Cl)c1)S(C)(=O)=O. The van der Waals surface area contributed by atoms with Crippen molar-refractivity contribution in [1.29, 1.82) is 0 Å². The van der Waals surface area contributed by atoms with Crippen molar-refractivity contribution in [3.63, 3.8) is 0 Å². The molecule has 8 heteroatoms. The summed E-state index contributed by atoms with van der Waals surface area (Å²) in [5, 5.41) is 3.32. The number of halogens is 1. The molecule has 1 atom stereocenters. The fourth-order valence-electron chi connectivity index (χ4n) is 3.99. The lowest BCUT2D eigenvalue weighted by Crippen LogP contribution is -2.47. The molecule has 1 heterocycles. The molecule has 0 saturated carbocycles. The van der Waals surface area contributed by atoms with Crippen LogP contribution in [-0.2, 0) is 27.9 Å². The Hall–Kier alpha value is -2.09. The highest BCUT2D eigenvalue weighted by Crippen LogP contribution is 2.24. The maximum Gasteiger partial charge on any atom is 0.243 e. The summed E-state index contributed by atoms with van der Waals surface area (Å²) in [6, 6.07) is 13.7. The van der Waals surface area contributed by atoms with E-state index >= 15 is 0 Å². The van der Waals surface area contributed by atoms with Crippen LogP contribution in [0.3, 0.4) is 0 Å². The third-order valence-corrected chi connectivity index (χ3v) is 7.04. The predicted molar refractivity (Wildman–Crippen MR) is 126 cm³/mol. The molecule has 0 spiro atoms. The predicted octanol–water partition coefficient (Wildman–Crippen LogP) is 3.80. The number of nitrogens with zero attached hydrogens (tertiary/aromatic N) is 2. The summed E-state index contributed by atoms with van der Waals surface area (Å²) in [6.45, 7) is 4.98. The number of anilines is 1. The second kappa shape index (κ2) is 10.5. The number of hydrogen-bond donors (Lipinski definition) is 1. The van der Waals surface area contributed by atoms with Gasteiger partial charge in [0.1, 0.15) is 6.04 Å². The van der Waals surface area contributed by atoms with Crippen LogP contribution in [0.4, 0.5) is 5.69 Å². The van der Waals surface area contributed by atoms with E-state index in [1.54, 1.807) is 31.2 Å². The lowest BCUT2D eigenvalue weighted by Gasteiger charge is -2.29. The molecule has 0 bridgehead atoms. The highest BCUT2D eigenvalue weighted by Gasteiger charge is 2.29. The molecule has 31 heavy (non-hydrogen) atoms. The zero-order chi connectivity index (χ0) is 22.4. The fraction of sp³-hybridized carbons (Fsp3) is 0.435. The first-order valence-electron chi connectivity index (χ1n) is 10.6. The van der Waals surface area contributed by atoms with Gasteiger partial charge in [-0.25, -0.2) is 8.42 Å². The van der Waals surface area contributed by atoms with Crippen molar-refractivity contribution in [2.45, 2.75) is 45.3 Å². The molecule has 3 rings (SSSR count). The third-order valence-electron chi connectivity index (χ3n) is 5.57. The zero-order valence-electron chi connectivity index (χ0n) is 18.1. The molecule has 168 valence electrons. The molecular weight excluding hydrogens is 434 g/mol. The average Bonchev–Trinajstić information content (AvgIpc) is 2.73. The molecule has 1 amide bonds. The van der Waals surface area contributed by atoms with Gasteiger partial charge in [-0.2, -0.15) is 0 Å². The summed E-state index contributed by atoms with van der Waals surface area (Å²) < 4.78 is 26.0. The fourth-order valence-corrected chi connectivity index (χ4v) is 5.35.